The molecule has 1 saturated carbocycles. The van der Waals surface area contributed by atoms with E-state index in [4.69, 9.17) is 9.47 Å². The number of carbonyl (C=O) groups excluding carboxylic acids is 2. The third kappa shape index (κ3) is 2.61. The highest BCUT2D eigenvalue weighted by Crippen LogP contribution is 2.40. The first-order valence-electron chi connectivity index (χ1n) is 5.63. The van der Waals surface area contributed by atoms with Crippen molar-refractivity contribution in [1.82, 2.24) is 0 Å². The molecule has 4 heteroatoms. The molecule has 92 valence electrons. The number of hydrogen-bond donors (Lipinski definition) is 0. The number of rotatable bonds is 4. The molecule has 0 bridgehead atoms. The van der Waals surface area contributed by atoms with Crippen LogP contribution in [0.15, 0.2) is 0 Å². The molecule has 0 saturated heterocycles. The van der Waals surface area contributed by atoms with E-state index in [9.17, 15) is 9.59 Å². The summed E-state index contributed by atoms with van der Waals surface area (Å²) in [6, 6.07) is 0. The van der Waals surface area contributed by atoms with Gasteiger partial charge in [-0.2, -0.15) is 0 Å². The molecule has 0 N–H and O–H groups in total. The molecular formula is C12H20O4. The molecule has 0 atom stereocenters. The zero-order valence-electron chi connectivity index (χ0n) is 10.2. The molecule has 0 aromatic rings. The monoisotopic (exact) mass is 228 g/mol. The second kappa shape index (κ2) is 5.43. The van der Waals surface area contributed by atoms with Crippen molar-refractivity contribution in [3.05, 3.63) is 0 Å². The first-order valence-corrected chi connectivity index (χ1v) is 5.63. The summed E-state index contributed by atoms with van der Waals surface area (Å²) in [7, 11) is 3.02. The minimum Gasteiger partial charge on any atom is -0.469 e. The van der Waals surface area contributed by atoms with Gasteiger partial charge in [-0.15, -0.1) is 0 Å². The molecule has 1 aliphatic carbocycles. The van der Waals surface area contributed by atoms with Gasteiger partial charge in [0.05, 0.1) is 25.0 Å². The highest BCUT2D eigenvalue weighted by Gasteiger charge is 2.41. The number of carbonyl (C=O) groups is 2. The lowest BCUT2D eigenvalue weighted by molar-refractivity contribution is -0.149. The van der Waals surface area contributed by atoms with Gasteiger partial charge < -0.3 is 9.47 Å². The van der Waals surface area contributed by atoms with Crippen LogP contribution >= 0.6 is 0 Å². The number of ketones is 1. The second-order valence-electron chi connectivity index (χ2n) is 4.57. The summed E-state index contributed by atoms with van der Waals surface area (Å²) in [5.41, 5.74) is -0.376. The third-order valence-electron chi connectivity index (χ3n) is 3.64. The number of esters is 1. The van der Waals surface area contributed by atoms with E-state index in [0.29, 0.717) is 6.61 Å². The molecule has 0 radical (unpaired) electrons. The molecule has 1 rings (SSSR count). The fourth-order valence-electron chi connectivity index (χ4n) is 2.45. The number of hydrogen-bond acceptors (Lipinski definition) is 4. The summed E-state index contributed by atoms with van der Waals surface area (Å²) in [6.45, 7) is 2.06. The molecule has 1 aliphatic rings. The fourth-order valence-corrected chi connectivity index (χ4v) is 2.45. The Labute approximate surface area is 96.3 Å². The van der Waals surface area contributed by atoms with Crippen LogP contribution in [0, 0.1) is 11.3 Å². The van der Waals surface area contributed by atoms with Crippen molar-refractivity contribution >= 4 is 11.8 Å². The van der Waals surface area contributed by atoms with Gasteiger partial charge in [0, 0.05) is 7.11 Å². The lowest BCUT2D eigenvalue weighted by Gasteiger charge is -2.36. The molecule has 0 amide bonds. The van der Waals surface area contributed by atoms with Crippen LogP contribution < -0.4 is 0 Å². The van der Waals surface area contributed by atoms with E-state index in [0.717, 1.165) is 25.7 Å². The highest BCUT2D eigenvalue weighted by atomic mass is 16.5. The minimum absolute atomic E-state index is 0.0469. The van der Waals surface area contributed by atoms with E-state index in [1.807, 2.05) is 0 Å². The Morgan fingerprint density at radius 3 is 2.19 bits per heavy atom. The van der Waals surface area contributed by atoms with Gasteiger partial charge in [0.2, 0.25) is 0 Å². The maximum Gasteiger partial charge on any atom is 0.308 e. The van der Waals surface area contributed by atoms with Gasteiger partial charge in [0.1, 0.15) is 5.78 Å². The highest BCUT2D eigenvalue weighted by molar-refractivity contribution is 5.83. The Balaban J connectivity index is 2.63. The van der Waals surface area contributed by atoms with E-state index < -0.39 is 0 Å². The molecule has 0 spiro atoms. The minimum atomic E-state index is -0.376. The van der Waals surface area contributed by atoms with Crippen LogP contribution in [0.4, 0.5) is 0 Å². The van der Waals surface area contributed by atoms with Crippen LogP contribution in [-0.4, -0.2) is 32.6 Å². The van der Waals surface area contributed by atoms with Crippen molar-refractivity contribution in [2.45, 2.75) is 32.6 Å². The lowest BCUT2D eigenvalue weighted by atomic mass is 9.69. The number of ether oxygens (including phenoxy) is 2. The molecule has 0 aromatic carbocycles. The molecule has 0 aromatic heterocycles. The van der Waals surface area contributed by atoms with Crippen molar-refractivity contribution < 1.29 is 19.1 Å². The average molecular weight is 228 g/mol. The molecule has 4 nitrogen and oxygen atoms in total. The van der Waals surface area contributed by atoms with Gasteiger partial charge in [-0.25, -0.2) is 0 Å². The van der Waals surface area contributed by atoms with Crippen LogP contribution in [0.5, 0.6) is 0 Å². The van der Waals surface area contributed by atoms with Gasteiger partial charge in [-0.05, 0) is 32.6 Å². The molecule has 0 aliphatic heterocycles. The molecule has 1 fully saturated rings. The van der Waals surface area contributed by atoms with E-state index in [2.05, 4.69) is 0 Å². The number of methoxy groups -OCH3 is 2. The number of Topliss-reactive ketones (excluding diaryl/α,β-unsaturated/α-hetero) is 1. The molecular weight excluding hydrogens is 208 g/mol. The standard InChI is InChI=1S/C12H20O4/c1-9(13)12(8-15-2)6-4-10(5-7-12)11(14)16-3/h10H,4-8H2,1-3H3. The van der Waals surface area contributed by atoms with E-state index >= 15 is 0 Å². The normalized spacial score (nSPS) is 29.8. The molecule has 0 heterocycles. The van der Waals surface area contributed by atoms with Crippen molar-refractivity contribution in [1.29, 1.82) is 0 Å². The Kier molecular flexibility index (Phi) is 4.47. The van der Waals surface area contributed by atoms with Crippen molar-refractivity contribution in [3.63, 3.8) is 0 Å². The van der Waals surface area contributed by atoms with Crippen LogP contribution in [-0.2, 0) is 19.1 Å². The Hall–Kier alpha value is -0.900. The summed E-state index contributed by atoms with van der Waals surface area (Å²) < 4.78 is 9.85. The average Bonchev–Trinajstić information content (AvgIpc) is 2.29. The molecule has 16 heavy (non-hydrogen) atoms. The van der Waals surface area contributed by atoms with Gasteiger partial charge in [0.25, 0.3) is 0 Å². The van der Waals surface area contributed by atoms with Crippen molar-refractivity contribution in [2.24, 2.45) is 11.3 Å². The summed E-state index contributed by atoms with van der Waals surface area (Å²) >= 11 is 0. The molecule has 0 unspecified atom stereocenters. The summed E-state index contributed by atoms with van der Waals surface area (Å²) in [5.74, 6) is -0.0402. The zero-order valence-corrected chi connectivity index (χ0v) is 10.2. The van der Waals surface area contributed by atoms with Crippen molar-refractivity contribution in [3.8, 4) is 0 Å². The summed E-state index contributed by atoms with van der Waals surface area (Å²) in [4.78, 5) is 23.0. The predicted octanol–water partition coefficient (Wildman–Crippen LogP) is 1.57. The quantitative estimate of drug-likeness (QED) is 0.685. The summed E-state index contributed by atoms with van der Waals surface area (Å²) in [6.07, 6.45) is 2.87. The van der Waals surface area contributed by atoms with Crippen LogP contribution in [0.3, 0.4) is 0 Å². The van der Waals surface area contributed by atoms with E-state index in [-0.39, 0.29) is 23.1 Å². The first-order chi connectivity index (χ1) is 7.55. The summed E-state index contributed by atoms with van der Waals surface area (Å²) in [5, 5.41) is 0. The maximum absolute atomic E-state index is 11.7. The largest absolute Gasteiger partial charge is 0.469 e. The lowest BCUT2D eigenvalue weighted by Crippen LogP contribution is -2.39. The SMILES string of the molecule is COCC1(C(C)=O)CCC(C(=O)OC)CC1. The predicted molar refractivity (Wildman–Crippen MR) is 59.0 cm³/mol. The maximum atomic E-state index is 11.7. The van der Waals surface area contributed by atoms with Crippen LogP contribution in [0.25, 0.3) is 0 Å². The zero-order chi connectivity index (χ0) is 12.2. The Morgan fingerprint density at radius 2 is 1.81 bits per heavy atom. The third-order valence-corrected chi connectivity index (χ3v) is 3.64. The topological polar surface area (TPSA) is 52.6 Å². The van der Waals surface area contributed by atoms with Crippen molar-refractivity contribution in [2.75, 3.05) is 20.8 Å². The van der Waals surface area contributed by atoms with E-state index in [1.54, 1.807) is 14.0 Å². The van der Waals surface area contributed by atoms with Gasteiger partial charge in [-0.1, -0.05) is 0 Å². The van der Waals surface area contributed by atoms with Crippen LogP contribution in [0.2, 0.25) is 0 Å². The van der Waals surface area contributed by atoms with Gasteiger partial charge in [0.15, 0.2) is 0 Å². The first kappa shape index (κ1) is 13.2. The van der Waals surface area contributed by atoms with Crippen LogP contribution in [0.1, 0.15) is 32.6 Å². The Morgan fingerprint density at radius 1 is 1.25 bits per heavy atom. The van der Waals surface area contributed by atoms with Gasteiger partial charge >= 0.3 is 5.97 Å². The van der Waals surface area contributed by atoms with E-state index in [1.165, 1.54) is 7.11 Å². The van der Waals surface area contributed by atoms with Gasteiger partial charge in [-0.3, -0.25) is 9.59 Å². The fraction of sp³-hybridized carbons (Fsp3) is 0.833. The smallest absolute Gasteiger partial charge is 0.308 e. The Bertz CT molecular complexity index is 264. The second-order valence-corrected chi connectivity index (χ2v) is 4.57.